The van der Waals surface area contributed by atoms with E-state index >= 15 is 0 Å². The summed E-state index contributed by atoms with van der Waals surface area (Å²) in [7, 11) is 1.22. The lowest BCUT2D eigenvalue weighted by Gasteiger charge is -2.35. The average molecular weight is 287 g/mol. The van der Waals surface area contributed by atoms with Gasteiger partial charge in [0.25, 0.3) is 0 Å². The lowest BCUT2D eigenvalue weighted by atomic mass is 9.85. The lowest BCUT2D eigenvalue weighted by Crippen LogP contribution is -2.50. The van der Waals surface area contributed by atoms with E-state index in [1.54, 1.807) is 20.8 Å². The number of aliphatic carboxylic acids is 1. The van der Waals surface area contributed by atoms with E-state index in [2.05, 4.69) is 4.74 Å². The SMILES string of the molecule is COC(=O)[C@H]1CCN(C(=O)OC(C)(C)C)C[C@H]1C(=O)O. The Balaban J connectivity index is 2.76. The number of piperidine rings is 1. The van der Waals surface area contributed by atoms with Gasteiger partial charge in [0.05, 0.1) is 18.9 Å². The van der Waals surface area contributed by atoms with Crippen LogP contribution in [0.5, 0.6) is 0 Å². The smallest absolute Gasteiger partial charge is 0.410 e. The molecule has 0 aromatic heterocycles. The highest BCUT2D eigenvalue weighted by atomic mass is 16.6. The standard InChI is InChI=1S/C13H21NO6/c1-13(2,3)20-12(18)14-6-5-8(11(17)19-4)9(7-14)10(15)16/h8-9H,5-7H2,1-4H3,(H,15,16)/t8-,9+/m0/s1. The molecule has 2 atom stereocenters. The van der Waals surface area contributed by atoms with Crippen LogP contribution < -0.4 is 0 Å². The number of rotatable bonds is 2. The third kappa shape index (κ3) is 4.11. The molecule has 1 rings (SSSR count). The molecule has 7 heteroatoms. The molecule has 0 aromatic rings. The Bertz CT molecular complexity index is 400. The van der Waals surface area contributed by atoms with Crippen molar-refractivity contribution in [3.63, 3.8) is 0 Å². The van der Waals surface area contributed by atoms with Gasteiger partial charge in [-0.1, -0.05) is 0 Å². The van der Waals surface area contributed by atoms with E-state index in [0.717, 1.165) is 0 Å². The number of carboxylic acids is 1. The van der Waals surface area contributed by atoms with Crippen LogP contribution >= 0.6 is 0 Å². The van der Waals surface area contributed by atoms with Crippen LogP contribution in [-0.2, 0) is 19.1 Å². The third-order valence-electron chi connectivity index (χ3n) is 3.09. The van der Waals surface area contributed by atoms with E-state index in [9.17, 15) is 19.5 Å². The Kier molecular flexibility index (Phi) is 4.97. The first kappa shape index (κ1) is 16.3. The summed E-state index contributed by atoms with van der Waals surface area (Å²) >= 11 is 0. The number of likely N-dealkylation sites (tertiary alicyclic amines) is 1. The van der Waals surface area contributed by atoms with Crippen molar-refractivity contribution in [2.24, 2.45) is 11.8 Å². The maximum absolute atomic E-state index is 11.9. The summed E-state index contributed by atoms with van der Waals surface area (Å²) < 4.78 is 9.81. The molecule has 1 heterocycles. The van der Waals surface area contributed by atoms with Gasteiger partial charge in [-0.3, -0.25) is 9.59 Å². The third-order valence-corrected chi connectivity index (χ3v) is 3.09. The molecule has 20 heavy (non-hydrogen) atoms. The first-order chi connectivity index (χ1) is 9.15. The molecule has 1 aliphatic rings. The Morgan fingerprint density at radius 2 is 1.80 bits per heavy atom. The van der Waals surface area contributed by atoms with Gasteiger partial charge in [0.15, 0.2) is 0 Å². The fraction of sp³-hybridized carbons (Fsp3) is 0.769. The van der Waals surface area contributed by atoms with E-state index in [1.165, 1.54) is 12.0 Å². The van der Waals surface area contributed by atoms with Crippen LogP contribution in [0, 0.1) is 11.8 Å². The number of nitrogens with zero attached hydrogens (tertiary/aromatic N) is 1. The average Bonchev–Trinajstić information content (AvgIpc) is 2.35. The fourth-order valence-electron chi connectivity index (χ4n) is 2.13. The molecule has 1 amide bonds. The molecule has 7 nitrogen and oxygen atoms in total. The lowest BCUT2D eigenvalue weighted by molar-refractivity contribution is -0.158. The summed E-state index contributed by atoms with van der Waals surface area (Å²) in [6, 6.07) is 0. The molecule has 0 aliphatic carbocycles. The second-order valence-corrected chi connectivity index (χ2v) is 5.79. The Morgan fingerprint density at radius 1 is 1.20 bits per heavy atom. The van der Waals surface area contributed by atoms with Gasteiger partial charge in [-0.25, -0.2) is 4.79 Å². The van der Waals surface area contributed by atoms with Gasteiger partial charge in [0, 0.05) is 13.1 Å². The van der Waals surface area contributed by atoms with Crippen molar-refractivity contribution in [2.75, 3.05) is 20.2 Å². The van der Waals surface area contributed by atoms with Gasteiger partial charge in [0.2, 0.25) is 0 Å². The van der Waals surface area contributed by atoms with Crippen molar-refractivity contribution >= 4 is 18.0 Å². The van der Waals surface area contributed by atoms with Gasteiger partial charge in [-0.15, -0.1) is 0 Å². The van der Waals surface area contributed by atoms with Crippen LogP contribution in [0.2, 0.25) is 0 Å². The van der Waals surface area contributed by atoms with Crippen molar-refractivity contribution in [2.45, 2.75) is 32.8 Å². The number of ether oxygens (including phenoxy) is 2. The molecule has 1 fully saturated rings. The molecule has 0 bridgehead atoms. The monoisotopic (exact) mass is 287 g/mol. The van der Waals surface area contributed by atoms with Crippen molar-refractivity contribution in [1.82, 2.24) is 4.90 Å². The number of methoxy groups -OCH3 is 1. The predicted octanol–water partition coefficient (Wildman–Crippen LogP) is 1.12. The number of hydrogen-bond acceptors (Lipinski definition) is 5. The normalized spacial score (nSPS) is 23.1. The largest absolute Gasteiger partial charge is 0.481 e. The van der Waals surface area contributed by atoms with E-state index in [-0.39, 0.29) is 19.5 Å². The highest BCUT2D eigenvalue weighted by molar-refractivity contribution is 5.82. The molecule has 0 unspecified atom stereocenters. The molecular weight excluding hydrogens is 266 g/mol. The number of carboxylic acid groups (broad SMARTS) is 1. The molecule has 0 spiro atoms. The van der Waals surface area contributed by atoms with E-state index in [0.29, 0.717) is 0 Å². The van der Waals surface area contributed by atoms with Crippen molar-refractivity contribution < 1.29 is 29.0 Å². The molecule has 1 aliphatic heterocycles. The molecule has 0 radical (unpaired) electrons. The Hall–Kier alpha value is -1.79. The minimum atomic E-state index is -1.12. The summed E-state index contributed by atoms with van der Waals surface area (Å²) in [5, 5.41) is 9.20. The topological polar surface area (TPSA) is 93.1 Å². The van der Waals surface area contributed by atoms with Gasteiger partial charge in [-0.05, 0) is 27.2 Å². The van der Waals surface area contributed by atoms with E-state index in [4.69, 9.17) is 4.74 Å². The number of esters is 1. The number of carbonyl (C=O) groups is 3. The molecule has 1 N–H and O–H groups in total. The second-order valence-electron chi connectivity index (χ2n) is 5.79. The van der Waals surface area contributed by atoms with Crippen LogP contribution in [0.25, 0.3) is 0 Å². The minimum Gasteiger partial charge on any atom is -0.481 e. The van der Waals surface area contributed by atoms with Crippen LogP contribution in [0.3, 0.4) is 0 Å². The zero-order chi connectivity index (χ0) is 15.5. The molecule has 0 aromatic carbocycles. The van der Waals surface area contributed by atoms with E-state index < -0.39 is 35.5 Å². The summed E-state index contributed by atoms with van der Waals surface area (Å²) in [6.45, 7) is 5.44. The minimum absolute atomic E-state index is 0.0516. The Labute approximate surface area is 117 Å². The maximum atomic E-state index is 11.9. The van der Waals surface area contributed by atoms with Crippen molar-refractivity contribution in [1.29, 1.82) is 0 Å². The van der Waals surface area contributed by atoms with Crippen molar-refractivity contribution in [3.05, 3.63) is 0 Å². The van der Waals surface area contributed by atoms with Gasteiger partial charge in [-0.2, -0.15) is 0 Å². The first-order valence-corrected chi connectivity index (χ1v) is 6.44. The number of amides is 1. The van der Waals surface area contributed by atoms with E-state index in [1.807, 2.05) is 0 Å². The summed E-state index contributed by atoms with van der Waals surface area (Å²) in [6.07, 6.45) is -0.310. The maximum Gasteiger partial charge on any atom is 0.410 e. The van der Waals surface area contributed by atoms with Crippen LogP contribution in [-0.4, -0.2) is 53.8 Å². The fourth-order valence-corrected chi connectivity index (χ4v) is 2.13. The molecular formula is C13H21NO6. The van der Waals surface area contributed by atoms with Gasteiger partial charge >= 0.3 is 18.0 Å². The van der Waals surface area contributed by atoms with Gasteiger partial charge in [0.1, 0.15) is 5.60 Å². The molecule has 114 valence electrons. The molecule has 0 saturated carbocycles. The summed E-state index contributed by atoms with van der Waals surface area (Å²) in [5.74, 6) is -3.37. The zero-order valence-electron chi connectivity index (χ0n) is 12.2. The van der Waals surface area contributed by atoms with Crippen LogP contribution in [0.4, 0.5) is 4.79 Å². The Morgan fingerprint density at radius 3 is 2.25 bits per heavy atom. The van der Waals surface area contributed by atoms with Gasteiger partial charge < -0.3 is 19.5 Å². The zero-order valence-corrected chi connectivity index (χ0v) is 12.2. The number of hydrogen-bond donors (Lipinski definition) is 1. The predicted molar refractivity (Wildman–Crippen MR) is 69.1 cm³/mol. The highest BCUT2D eigenvalue weighted by Gasteiger charge is 2.41. The second kappa shape index (κ2) is 6.11. The van der Waals surface area contributed by atoms with Crippen LogP contribution in [0.1, 0.15) is 27.2 Å². The molecule has 1 saturated heterocycles. The highest BCUT2D eigenvalue weighted by Crippen LogP contribution is 2.26. The summed E-state index contributed by atoms with van der Waals surface area (Å²) in [5.41, 5.74) is -0.644. The number of carbonyl (C=O) groups excluding carboxylic acids is 2. The summed E-state index contributed by atoms with van der Waals surface area (Å²) in [4.78, 5) is 36.1. The quantitative estimate of drug-likeness (QED) is 0.765. The van der Waals surface area contributed by atoms with Crippen LogP contribution in [0.15, 0.2) is 0 Å². The van der Waals surface area contributed by atoms with Crippen molar-refractivity contribution in [3.8, 4) is 0 Å². The first-order valence-electron chi connectivity index (χ1n) is 6.44.